The number of halogens is 2. The van der Waals surface area contributed by atoms with Crippen molar-refractivity contribution in [1.82, 2.24) is 15.8 Å². The van der Waals surface area contributed by atoms with E-state index in [0.717, 1.165) is 0 Å². The van der Waals surface area contributed by atoms with Crippen molar-refractivity contribution in [3.05, 3.63) is 46.3 Å². The van der Waals surface area contributed by atoms with Crippen molar-refractivity contribution < 1.29 is 33.5 Å². The number of hydrogen-bond donors (Lipinski definition) is 4. The molecule has 0 spiro atoms. The molecular formula is C24H27ClFN3O6. The topological polar surface area (TPSA) is 134 Å². The number of rotatable bonds is 5. The van der Waals surface area contributed by atoms with Gasteiger partial charge in [-0.2, -0.15) is 0 Å². The smallest absolute Gasteiger partial charge is 0.290 e. The fraction of sp³-hybridized carbons (Fsp3) is 0.542. The number of carbonyl (C=O) groups is 2. The number of aromatic nitrogens is 1. The molecule has 2 bridgehead atoms. The highest BCUT2D eigenvalue weighted by Gasteiger charge is 2.56. The van der Waals surface area contributed by atoms with E-state index in [9.17, 15) is 24.2 Å². The number of amides is 2. The second-order valence-corrected chi connectivity index (χ2v) is 10.3. The summed E-state index contributed by atoms with van der Waals surface area (Å²) in [4.78, 5) is 25.8. The molecule has 35 heavy (non-hydrogen) atoms. The lowest BCUT2D eigenvalue weighted by atomic mass is 9.59. The summed E-state index contributed by atoms with van der Waals surface area (Å²) in [5, 5.41) is 31.5. The van der Waals surface area contributed by atoms with Gasteiger partial charge in [-0.25, -0.2) is 4.39 Å². The van der Waals surface area contributed by atoms with E-state index in [1.165, 1.54) is 13.0 Å². The molecule has 1 aliphatic heterocycles. The van der Waals surface area contributed by atoms with Gasteiger partial charge in [0, 0.05) is 28.6 Å². The van der Waals surface area contributed by atoms with E-state index in [0.29, 0.717) is 42.0 Å². The molecule has 188 valence electrons. The van der Waals surface area contributed by atoms with E-state index < -0.39 is 47.4 Å². The van der Waals surface area contributed by atoms with Gasteiger partial charge in [0.15, 0.2) is 6.10 Å². The number of carbonyl (C=O) groups excluding carboxylic acids is 2. The Kier molecular flexibility index (Phi) is 6.01. The van der Waals surface area contributed by atoms with Crippen LogP contribution >= 0.6 is 11.6 Å². The first kappa shape index (κ1) is 24.0. The Morgan fingerprint density at radius 3 is 2.60 bits per heavy atom. The number of nitrogens with one attached hydrogen (secondary N) is 2. The van der Waals surface area contributed by atoms with Crippen molar-refractivity contribution in [2.75, 3.05) is 0 Å². The van der Waals surface area contributed by atoms with Crippen LogP contribution in [-0.2, 0) is 4.79 Å². The van der Waals surface area contributed by atoms with Crippen molar-refractivity contribution in [2.24, 2.45) is 0 Å². The summed E-state index contributed by atoms with van der Waals surface area (Å²) in [7, 11) is 0. The summed E-state index contributed by atoms with van der Waals surface area (Å²) in [5.41, 5.74) is -0.924. The second kappa shape index (κ2) is 8.76. The summed E-state index contributed by atoms with van der Waals surface area (Å²) in [6.07, 6.45) is -1.77. The number of hydrogen-bond acceptors (Lipinski definition) is 7. The highest BCUT2D eigenvalue weighted by atomic mass is 35.5. The van der Waals surface area contributed by atoms with Crippen molar-refractivity contribution in [2.45, 2.75) is 81.0 Å². The Morgan fingerprint density at radius 2 is 1.94 bits per heavy atom. The molecule has 0 radical (unpaired) electrons. The molecule has 4 N–H and O–H groups in total. The molecule has 4 aliphatic rings. The molecule has 4 atom stereocenters. The Morgan fingerprint density at radius 1 is 1.20 bits per heavy atom. The molecule has 3 saturated carbocycles. The number of nitrogens with zero attached hydrogens (tertiary/aromatic N) is 1. The molecule has 0 saturated heterocycles. The van der Waals surface area contributed by atoms with Crippen LogP contribution in [0.4, 0.5) is 4.39 Å². The van der Waals surface area contributed by atoms with Crippen LogP contribution in [0, 0.1) is 0 Å². The minimum atomic E-state index is -1.35. The molecular weight excluding hydrogens is 481 g/mol. The van der Waals surface area contributed by atoms with E-state index >= 15 is 0 Å². The molecule has 11 heteroatoms. The maximum atomic E-state index is 13.4. The van der Waals surface area contributed by atoms with Gasteiger partial charge in [0.1, 0.15) is 17.6 Å². The van der Waals surface area contributed by atoms with Gasteiger partial charge in [-0.1, -0.05) is 16.8 Å². The van der Waals surface area contributed by atoms with E-state index in [4.69, 9.17) is 20.9 Å². The van der Waals surface area contributed by atoms with Crippen LogP contribution in [0.25, 0.3) is 0 Å². The zero-order valence-corrected chi connectivity index (χ0v) is 19.8. The third kappa shape index (κ3) is 4.39. The van der Waals surface area contributed by atoms with Gasteiger partial charge in [-0.3, -0.25) is 9.59 Å². The minimum absolute atomic E-state index is 0.0440. The van der Waals surface area contributed by atoms with Crippen LogP contribution in [0.3, 0.4) is 0 Å². The Hall–Kier alpha value is -2.69. The lowest BCUT2D eigenvalue weighted by molar-refractivity contribution is -0.139. The molecule has 6 rings (SSSR count). The summed E-state index contributed by atoms with van der Waals surface area (Å²) < 4.78 is 24.2. The molecule has 3 aliphatic carbocycles. The highest BCUT2D eigenvalue weighted by molar-refractivity contribution is 6.30. The van der Waals surface area contributed by atoms with E-state index in [-0.39, 0.29) is 24.3 Å². The first-order valence-electron chi connectivity index (χ1n) is 11.7. The van der Waals surface area contributed by atoms with Crippen molar-refractivity contribution in [1.29, 1.82) is 0 Å². The van der Waals surface area contributed by atoms with Gasteiger partial charge in [0.2, 0.25) is 5.76 Å². The number of ether oxygens (including phenoxy) is 1. The zero-order valence-electron chi connectivity index (χ0n) is 19.1. The van der Waals surface area contributed by atoms with Gasteiger partial charge >= 0.3 is 0 Å². The standard InChI is InChI=1S/C24H27ClFN3O6/c1-12(26)15-9-19(35-29-15)22(33)27-23-4-6-24(7-5-23,20(31)11-23)28-21(32)18-10-16(30)14-8-13(25)2-3-17(14)34-18/h2-3,8-9,12,16,18,20,30-31H,4-7,10-11H2,1H3,(H,27,33)(H,28,32)/t12?,16-,18-,20+,23?,24?/m1/s1. The van der Waals surface area contributed by atoms with Crippen molar-refractivity contribution in [3.8, 4) is 5.75 Å². The van der Waals surface area contributed by atoms with Crippen LogP contribution in [0.1, 0.15) is 79.5 Å². The second-order valence-electron chi connectivity index (χ2n) is 9.87. The number of aliphatic hydroxyl groups is 2. The third-order valence-corrected chi connectivity index (χ3v) is 7.80. The lowest BCUT2D eigenvalue weighted by Crippen LogP contribution is -2.71. The number of benzene rings is 1. The molecule has 1 unspecified atom stereocenters. The van der Waals surface area contributed by atoms with Crippen LogP contribution in [0.15, 0.2) is 28.8 Å². The monoisotopic (exact) mass is 507 g/mol. The molecule has 2 heterocycles. The maximum Gasteiger partial charge on any atom is 0.290 e. The zero-order chi connectivity index (χ0) is 25.0. The minimum Gasteiger partial charge on any atom is -0.480 e. The summed E-state index contributed by atoms with van der Waals surface area (Å²) in [5.74, 6) is -0.605. The summed E-state index contributed by atoms with van der Waals surface area (Å²) >= 11 is 6.00. The lowest BCUT2D eigenvalue weighted by Gasteiger charge is -2.56. The predicted molar refractivity (Wildman–Crippen MR) is 122 cm³/mol. The van der Waals surface area contributed by atoms with Crippen LogP contribution in [-0.4, -0.2) is 50.5 Å². The maximum absolute atomic E-state index is 13.4. The first-order chi connectivity index (χ1) is 16.6. The normalized spacial score (nSPS) is 32.3. The average Bonchev–Trinajstić information content (AvgIpc) is 3.32. The Labute approximate surface area is 206 Å². The average molecular weight is 508 g/mol. The Bertz CT molecular complexity index is 1150. The first-order valence-corrected chi connectivity index (χ1v) is 12.0. The van der Waals surface area contributed by atoms with Gasteiger partial charge in [-0.05, 0) is 57.2 Å². The molecule has 3 fully saturated rings. The van der Waals surface area contributed by atoms with Gasteiger partial charge in [0.05, 0.1) is 17.7 Å². The Balaban J connectivity index is 1.23. The quantitative estimate of drug-likeness (QED) is 0.489. The van der Waals surface area contributed by atoms with E-state index in [1.807, 2.05) is 0 Å². The van der Waals surface area contributed by atoms with Gasteiger partial charge < -0.3 is 30.1 Å². The van der Waals surface area contributed by atoms with Crippen LogP contribution in [0.5, 0.6) is 5.75 Å². The predicted octanol–water partition coefficient (Wildman–Crippen LogP) is 2.91. The van der Waals surface area contributed by atoms with Crippen LogP contribution in [0.2, 0.25) is 5.02 Å². The van der Waals surface area contributed by atoms with E-state index in [2.05, 4.69) is 15.8 Å². The van der Waals surface area contributed by atoms with Gasteiger partial charge in [0.25, 0.3) is 11.8 Å². The molecule has 1 aromatic carbocycles. The fourth-order valence-electron chi connectivity index (χ4n) is 5.45. The molecule has 1 aromatic heterocycles. The number of fused-ring (bicyclic) bond motifs is 4. The molecule has 9 nitrogen and oxygen atoms in total. The number of aliphatic hydroxyl groups excluding tert-OH is 2. The SMILES string of the molecule is CC(F)c1cc(C(=O)NC23CCC(NC(=O)[C@H]4C[C@@H](O)c5cc(Cl)ccc5O4)(CC2)[C@@H](O)C3)on1. The molecule has 2 aromatic rings. The van der Waals surface area contributed by atoms with Crippen molar-refractivity contribution in [3.63, 3.8) is 0 Å². The molecule has 2 amide bonds. The third-order valence-electron chi connectivity index (χ3n) is 7.56. The highest BCUT2D eigenvalue weighted by Crippen LogP contribution is 2.47. The van der Waals surface area contributed by atoms with Crippen molar-refractivity contribution >= 4 is 23.4 Å². The van der Waals surface area contributed by atoms with Crippen LogP contribution < -0.4 is 15.4 Å². The largest absolute Gasteiger partial charge is 0.480 e. The van der Waals surface area contributed by atoms with E-state index in [1.54, 1.807) is 18.2 Å². The summed E-state index contributed by atoms with van der Waals surface area (Å²) in [6, 6.07) is 6.14. The van der Waals surface area contributed by atoms with Gasteiger partial charge in [-0.15, -0.1) is 0 Å². The number of alkyl halides is 1. The fourth-order valence-corrected chi connectivity index (χ4v) is 5.63. The summed E-state index contributed by atoms with van der Waals surface area (Å²) in [6.45, 7) is 1.30.